The second-order valence-corrected chi connectivity index (χ2v) is 3.68. The molecule has 1 aliphatic rings. The third-order valence-electron chi connectivity index (χ3n) is 1.87. The Labute approximate surface area is 82.7 Å². The van der Waals surface area contributed by atoms with E-state index in [0.717, 1.165) is 0 Å². The number of hydrogen-bond donors (Lipinski definition) is 0. The smallest absolute Gasteiger partial charge is 0.449 e. The van der Waals surface area contributed by atoms with E-state index in [1.54, 1.807) is 6.92 Å². The third-order valence-corrected chi connectivity index (χ3v) is 1.87. The zero-order chi connectivity index (χ0) is 11.7. The van der Waals surface area contributed by atoms with Gasteiger partial charge in [-0.05, 0) is 0 Å². The summed E-state index contributed by atoms with van der Waals surface area (Å²) in [5.74, 6) is -2.84. The van der Waals surface area contributed by atoms with Gasteiger partial charge in [-0.25, -0.2) is 0 Å². The van der Waals surface area contributed by atoms with Gasteiger partial charge in [0, 0.05) is 5.41 Å². The lowest BCUT2D eigenvalue weighted by atomic mass is 9.90. The average Bonchev–Trinajstić information content (AvgIpc) is 2.08. The minimum Gasteiger partial charge on any atom is -0.468 e. The highest BCUT2D eigenvalue weighted by Crippen LogP contribution is 2.32. The fourth-order valence-electron chi connectivity index (χ4n) is 0.946. The van der Waals surface area contributed by atoms with Crippen LogP contribution in [0, 0.1) is 5.41 Å². The van der Waals surface area contributed by atoms with Gasteiger partial charge in [0.2, 0.25) is 0 Å². The first-order valence-electron chi connectivity index (χ1n) is 4.08. The lowest BCUT2D eigenvalue weighted by molar-refractivity contribution is -0.142. The zero-order valence-electron chi connectivity index (χ0n) is 7.83. The molecule has 0 atom stereocenters. The third kappa shape index (κ3) is 3.05. The first-order valence-corrected chi connectivity index (χ1v) is 4.08. The SMILES string of the molecule is CC1(COC(F)=C(F)C(F)(F)F)COC1. The Bertz CT molecular complexity index is 267. The molecule has 0 unspecified atom stereocenters. The minimum absolute atomic E-state index is 0.258. The molecule has 1 saturated heterocycles. The van der Waals surface area contributed by atoms with Crippen molar-refractivity contribution in [1.82, 2.24) is 0 Å². The molecule has 0 aromatic carbocycles. The monoisotopic (exact) mass is 232 g/mol. The lowest BCUT2D eigenvalue weighted by Crippen LogP contribution is -2.43. The molecule has 0 amide bonds. The van der Waals surface area contributed by atoms with E-state index in [4.69, 9.17) is 4.74 Å². The lowest BCUT2D eigenvalue weighted by Gasteiger charge is -2.37. The van der Waals surface area contributed by atoms with Crippen LogP contribution in [-0.2, 0) is 9.47 Å². The summed E-state index contributed by atoms with van der Waals surface area (Å²) in [4.78, 5) is 0. The molecule has 0 aromatic heterocycles. The summed E-state index contributed by atoms with van der Waals surface area (Å²) in [6.45, 7) is 1.81. The molecular weight excluding hydrogens is 223 g/mol. The first-order chi connectivity index (χ1) is 6.75. The molecule has 0 spiro atoms. The molecule has 1 aliphatic heterocycles. The summed E-state index contributed by atoms with van der Waals surface area (Å²) in [6.07, 6.45) is -5.35. The summed E-state index contributed by atoms with van der Waals surface area (Å²) in [5.41, 5.74) is -0.538. The number of allylic oxidation sites excluding steroid dienone is 1. The summed E-state index contributed by atoms with van der Waals surface area (Å²) in [6, 6.07) is -2.23. The number of hydrogen-bond acceptors (Lipinski definition) is 2. The predicted molar refractivity (Wildman–Crippen MR) is 40.2 cm³/mol. The number of ether oxygens (including phenoxy) is 2. The van der Waals surface area contributed by atoms with E-state index in [2.05, 4.69) is 4.74 Å². The van der Waals surface area contributed by atoms with E-state index in [-0.39, 0.29) is 19.8 Å². The van der Waals surface area contributed by atoms with Gasteiger partial charge in [-0.1, -0.05) is 6.92 Å². The molecular formula is C8H9F5O2. The van der Waals surface area contributed by atoms with Crippen molar-refractivity contribution in [2.45, 2.75) is 13.1 Å². The average molecular weight is 232 g/mol. The Balaban J connectivity index is 2.51. The Morgan fingerprint density at radius 2 is 1.87 bits per heavy atom. The van der Waals surface area contributed by atoms with Crippen molar-refractivity contribution in [3.05, 3.63) is 11.8 Å². The molecule has 15 heavy (non-hydrogen) atoms. The highest BCUT2D eigenvalue weighted by Gasteiger charge is 2.41. The van der Waals surface area contributed by atoms with Crippen LogP contribution in [0.3, 0.4) is 0 Å². The summed E-state index contributed by atoms with van der Waals surface area (Å²) < 4.78 is 68.5. The van der Waals surface area contributed by atoms with Crippen LogP contribution in [0.25, 0.3) is 0 Å². The topological polar surface area (TPSA) is 18.5 Å². The minimum atomic E-state index is -5.35. The van der Waals surface area contributed by atoms with E-state index in [1.165, 1.54) is 0 Å². The van der Waals surface area contributed by atoms with Gasteiger partial charge in [0.1, 0.15) is 6.61 Å². The van der Waals surface area contributed by atoms with Gasteiger partial charge in [-0.3, -0.25) is 0 Å². The largest absolute Gasteiger partial charge is 0.468 e. The second kappa shape index (κ2) is 3.96. The van der Waals surface area contributed by atoms with Crippen molar-refractivity contribution in [2.24, 2.45) is 5.41 Å². The molecule has 7 heteroatoms. The second-order valence-electron chi connectivity index (χ2n) is 3.68. The van der Waals surface area contributed by atoms with E-state index >= 15 is 0 Å². The van der Waals surface area contributed by atoms with Crippen molar-refractivity contribution in [2.75, 3.05) is 19.8 Å². The fraction of sp³-hybridized carbons (Fsp3) is 0.750. The van der Waals surface area contributed by atoms with Crippen LogP contribution >= 0.6 is 0 Å². The molecule has 88 valence electrons. The Morgan fingerprint density at radius 3 is 2.20 bits per heavy atom. The number of halogens is 5. The van der Waals surface area contributed by atoms with Gasteiger partial charge in [-0.15, -0.1) is 0 Å². The highest BCUT2D eigenvalue weighted by molar-refractivity contribution is 5.00. The van der Waals surface area contributed by atoms with Crippen molar-refractivity contribution in [3.8, 4) is 0 Å². The molecule has 0 N–H and O–H groups in total. The molecule has 0 radical (unpaired) electrons. The van der Waals surface area contributed by atoms with Crippen LogP contribution in [0.4, 0.5) is 22.0 Å². The standard InChI is InChI=1S/C8H9F5O2/c1-7(2-14-3-7)4-15-6(10)5(9)8(11,12)13/h2-4H2,1H3. The number of rotatable bonds is 3. The zero-order valence-corrected chi connectivity index (χ0v) is 7.83. The van der Waals surface area contributed by atoms with Gasteiger partial charge in [0.05, 0.1) is 13.2 Å². The summed E-state index contributed by atoms with van der Waals surface area (Å²) in [5, 5.41) is 0. The van der Waals surface area contributed by atoms with E-state index in [9.17, 15) is 22.0 Å². The Kier molecular flexibility index (Phi) is 3.22. The van der Waals surface area contributed by atoms with Gasteiger partial charge >= 0.3 is 12.2 Å². The van der Waals surface area contributed by atoms with Crippen molar-refractivity contribution in [3.63, 3.8) is 0 Å². The van der Waals surface area contributed by atoms with Crippen LogP contribution in [0.5, 0.6) is 0 Å². The maximum Gasteiger partial charge on any atom is 0.449 e. The fourth-order valence-corrected chi connectivity index (χ4v) is 0.946. The van der Waals surface area contributed by atoms with Gasteiger partial charge in [0.15, 0.2) is 0 Å². The first kappa shape index (κ1) is 12.2. The molecule has 1 fully saturated rings. The Morgan fingerprint density at radius 1 is 1.33 bits per heavy atom. The summed E-state index contributed by atoms with van der Waals surface area (Å²) in [7, 11) is 0. The van der Waals surface area contributed by atoms with Crippen LogP contribution in [0.15, 0.2) is 11.8 Å². The van der Waals surface area contributed by atoms with Gasteiger partial charge in [0.25, 0.3) is 5.83 Å². The number of alkyl halides is 3. The van der Waals surface area contributed by atoms with Crippen molar-refractivity contribution < 1.29 is 31.4 Å². The van der Waals surface area contributed by atoms with E-state index in [1.807, 2.05) is 0 Å². The van der Waals surface area contributed by atoms with Crippen LogP contribution in [0.2, 0.25) is 0 Å². The van der Waals surface area contributed by atoms with E-state index < -0.39 is 23.4 Å². The predicted octanol–water partition coefficient (Wildman–Crippen LogP) is 2.71. The Hall–Kier alpha value is -0.850. The molecule has 2 nitrogen and oxygen atoms in total. The molecule has 0 saturated carbocycles. The van der Waals surface area contributed by atoms with Crippen molar-refractivity contribution >= 4 is 0 Å². The van der Waals surface area contributed by atoms with Gasteiger partial charge in [-0.2, -0.15) is 22.0 Å². The van der Waals surface area contributed by atoms with E-state index in [0.29, 0.717) is 0 Å². The van der Waals surface area contributed by atoms with Crippen LogP contribution in [0.1, 0.15) is 6.92 Å². The molecule has 1 rings (SSSR count). The van der Waals surface area contributed by atoms with Crippen LogP contribution in [-0.4, -0.2) is 26.0 Å². The quantitative estimate of drug-likeness (QED) is 0.550. The highest BCUT2D eigenvalue weighted by atomic mass is 19.4. The van der Waals surface area contributed by atoms with Crippen molar-refractivity contribution in [1.29, 1.82) is 0 Å². The summed E-state index contributed by atoms with van der Waals surface area (Å²) >= 11 is 0. The maximum atomic E-state index is 12.5. The molecule has 1 heterocycles. The van der Waals surface area contributed by atoms with Gasteiger partial charge < -0.3 is 9.47 Å². The van der Waals surface area contributed by atoms with Crippen LogP contribution < -0.4 is 0 Å². The molecule has 0 bridgehead atoms. The normalized spacial score (nSPS) is 21.7. The molecule has 0 aliphatic carbocycles. The molecule has 0 aromatic rings. The maximum absolute atomic E-state index is 12.5.